The number of aliphatic imine (C=N–C) groups is 2. The van der Waals surface area contributed by atoms with Crippen molar-refractivity contribution < 1.29 is 0 Å². The largest absolute Gasteiger partial charge is 0.320 e. The molecule has 0 aliphatic heterocycles. The molecule has 0 fully saturated rings. The van der Waals surface area contributed by atoms with Gasteiger partial charge in [-0.15, -0.1) is 0 Å². The lowest BCUT2D eigenvalue weighted by atomic mass is 10.0. The number of aromatic nitrogens is 2. The summed E-state index contributed by atoms with van der Waals surface area (Å²) in [5.74, 6) is 0. The van der Waals surface area contributed by atoms with Crippen LogP contribution in [0.2, 0.25) is 0 Å². The fourth-order valence-corrected chi connectivity index (χ4v) is 5.59. The predicted octanol–water partition coefficient (Wildman–Crippen LogP) is 8.66. The summed E-state index contributed by atoms with van der Waals surface area (Å²) < 4.78 is 4.55. The molecule has 0 spiro atoms. The predicted molar refractivity (Wildman–Crippen MR) is 166 cm³/mol. The topological polar surface area (TPSA) is 34.6 Å². The molecule has 2 heterocycles. The highest BCUT2D eigenvalue weighted by Crippen LogP contribution is 2.36. The maximum atomic E-state index is 4.85. The van der Waals surface area contributed by atoms with Crippen LogP contribution in [0.15, 0.2) is 138 Å². The number of nitrogens with zero attached hydrogens (tertiary/aromatic N) is 4. The molecule has 39 heavy (non-hydrogen) atoms. The van der Waals surface area contributed by atoms with Gasteiger partial charge in [-0.05, 0) is 65.5 Å². The molecule has 0 N–H and O–H groups in total. The Labute approximate surface area is 226 Å². The lowest BCUT2D eigenvalue weighted by Crippen LogP contribution is -1.96. The smallest absolute Gasteiger partial charge is 0.114 e. The molecule has 0 atom stereocenters. The first-order chi connectivity index (χ1) is 19.3. The van der Waals surface area contributed by atoms with Crippen LogP contribution in [-0.4, -0.2) is 22.1 Å². The number of allylic oxidation sites excluding steroid dienone is 1. The van der Waals surface area contributed by atoms with Crippen LogP contribution in [0, 0.1) is 0 Å². The zero-order valence-corrected chi connectivity index (χ0v) is 21.4. The normalized spacial score (nSPS) is 12.4. The van der Waals surface area contributed by atoms with Crippen molar-refractivity contribution in [2.24, 2.45) is 9.98 Å². The number of rotatable bonds is 6. The standard InChI is InChI=1S/C35H26N4/c1-36-22-27(25-10-4-2-5-11-25)23-37-24-39-33-15-9-8-14-29(33)32-21-31-26(20-35(32)39)16-17-34-30(31)18-19-38(34)28-12-6-3-7-13-28/h2-23H,1,24H2/b27-22+,37-23-. The average Bonchev–Trinajstić information content (AvgIpc) is 3.56. The number of hydrogen-bond donors (Lipinski definition) is 0. The van der Waals surface area contributed by atoms with E-state index in [0.717, 1.165) is 16.8 Å². The molecule has 0 unspecified atom stereocenters. The van der Waals surface area contributed by atoms with Gasteiger partial charge in [-0.2, -0.15) is 0 Å². The van der Waals surface area contributed by atoms with Gasteiger partial charge in [0.15, 0.2) is 0 Å². The molecule has 186 valence electrons. The Morgan fingerprint density at radius 3 is 2.23 bits per heavy atom. The second kappa shape index (κ2) is 9.58. The van der Waals surface area contributed by atoms with E-state index in [1.165, 1.54) is 43.5 Å². The van der Waals surface area contributed by atoms with Crippen LogP contribution in [0.25, 0.3) is 54.7 Å². The summed E-state index contributed by atoms with van der Waals surface area (Å²) in [5, 5.41) is 6.19. The third-order valence-electron chi connectivity index (χ3n) is 7.41. The van der Waals surface area contributed by atoms with Gasteiger partial charge in [0.1, 0.15) is 6.67 Å². The third-order valence-corrected chi connectivity index (χ3v) is 7.41. The Morgan fingerprint density at radius 1 is 0.667 bits per heavy atom. The van der Waals surface area contributed by atoms with E-state index in [0.29, 0.717) is 6.67 Å². The van der Waals surface area contributed by atoms with Crippen LogP contribution in [0.5, 0.6) is 0 Å². The lowest BCUT2D eigenvalue weighted by Gasteiger charge is -2.08. The monoisotopic (exact) mass is 502 g/mol. The molecule has 0 saturated carbocycles. The van der Waals surface area contributed by atoms with Crippen molar-refractivity contribution in [1.29, 1.82) is 0 Å². The summed E-state index contributed by atoms with van der Waals surface area (Å²) in [5.41, 5.74) is 6.71. The fraction of sp³-hybridized carbons (Fsp3) is 0.0286. The summed E-state index contributed by atoms with van der Waals surface area (Å²) in [6.45, 7) is 4.14. The van der Waals surface area contributed by atoms with Crippen LogP contribution in [0.4, 0.5) is 0 Å². The molecule has 0 saturated heterocycles. The summed E-state index contributed by atoms with van der Waals surface area (Å²) in [7, 11) is 0. The molecule has 0 aliphatic carbocycles. The van der Waals surface area contributed by atoms with E-state index in [1.807, 2.05) is 24.4 Å². The highest BCUT2D eigenvalue weighted by Gasteiger charge is 2.14. The van der Waals surface area contributed by atoms with Gasteiger partial charge in [0.25, 0.3) is 0 Å². The van der Waals surface area contributed by atoms with Crippen LogP contribution in [0.1, 0.15) is 5.56 Å². The number of fused-ring (bicyclic) bond motifs is 6. The SMILES string of the molecule is C=N/C=C(\C=N/Cn1c2ccccc2c2cc3c(ccc4c3ccn4-c3ccccc3)cc21)c1ccccc1. The fourth-order valence-electron chi connectivity index (χ4n) is 5.59. The molecule has 0 radical (unpaired) electrons. The zero-order valence-electron chi connectivity index (χ0n) is 21.4. The van der Waals surface area contributed by atoms with Gasteiger partial charge in [0, 0.05) is 46.0 Å². The van der Waals surface area contributed by atoms with E-state index in [1.54, 1.807) is 6.20 Å². The van der Waals surface area contributed by atoms with Crippen molar-refractivity contribution in [1.82, 2.24) is 9.13 Å². The second-order valence-electron chi connectivity index (χ2n) is 9.64. The quantitative estimate of drug-likeness (QED) is 0.204. The number of hydrogen-bond acceptors (Lipinski definition) is 2. The van der Waals surface area contributed by atoms with Gasteiger partial charge in [0.05, 0.1) is 16.6 Å². The van der Waals surface area contributed by atoms with Crippen molar-refractivity contribution in [2.75, 3.05) is 0 Å². The lowest BCUT2D eigenvalue weighted by molar-refractivity contribution is 0.797. The molecule has 4 nitrogen and oxygen atoms in total. The maximum Gasteiger partial charge on any atom is 0.114 e. The molecule has 0 aliphatic rings. The Hall–Kier alpha value is -5.22. The van der Waals surface area contributed by atoms with E-state index in [-0.39, 0.29) is 0 Å². The van der Waals surface area contributed by atoms with Crippen molar-refractivity contribution in [3.8, 4) is 5.69 Å². The van der Waals surface area contributed by atoms with E-state index < -0.39 is 0 Å². The molecule has 5 aromatic carbocycles. The highest BCUT2D eigenvalue weighted by molar-refractivity contribution is 6.17. The van der Waals surface area contributed by atoms with Crippen LogP contribution >= 0.6 is 0 Å². The Kier molecular flexibility index (Phi) is 5.64. The Bertz CT molecular complexity index is 2040. The Balaban J connectivity index is 1.36. The number of benzene rings is 5. The summed E-state index contributed by atoms with van der Waals surface area (Å²) in [6, 6.07) is 40.6. The van der Waals surface area contributed by atoms with Gasteiger partial charge in [-0.25, -0.2) is 0 Å². The number of para-hydroxylation sites is 2. The first-order valence-electron chi connectivity index (χ1n) is 13.0. The van der Waals surface area contributed by atoms with Gasteiger partial charge in [-0.3, -0.25) is 9.98 Å². The van der Waals surface area contributed by atoms with Gasteiger partial charge < -0.3 is 9.13 Å². The molecule has 0 amide bonds. The molecular formula is C35H26N4. The Morgan fingerprint density at radius 2 is 1.41 bits per heavy atom. The van der Waals surface area contributed by atoms with E-state index in [9.17, 15) is 0 Å². The second-order valence-corrected chi connectivity index (χ2v) is 9.64. The first-order valence-corrected chi connectivity index (χ1v) is 13.0. The summed E-state index contributed by atoms with van der Waals surface area (Å²) in [4.78, 5) is 8.85. The molecule has 2 aromatic heterocycles. The minimum atomic E-state index is 0.503. The van der Waals surface area contributed by atoms with Crippen LogP contribution < -0.4 is 0 Å². The van der Waals surface area contributed by atoms with Crippen LogP contribution in [0.3, 0.4) is 0 Å². The molecule has 7 aromatic rings. The van der Waals surface area contributed by atoms with Crippen molar-refractivity contribution in [3.63, 3.8) is 0 Å². The molecule has 7 rings (SSSR count). The molecule has 0 bridgehead atoms. The summed E-state index contributed by atoms with van der Waals surface area (Å²) >= 11 is 0. The highest BCUT2D eigenvalue weighted by atomic mass is 15.1. The zero-order chi connectivity index (χ0) is 26.2. The van der Waals surface area contributed by atoms with Crippen molar-refractivity contribution in [3.05, 3.63) is 133 Å². The molecular weight excluding hydrogens is 476 g/mol. The summed E-state index contributed by atoms with van der Waals surface area (Å²) in [6.07, 6.45) is 5.81. The third kappa shape index (κ3) is 3.94. The van der Waals surface area contributed by atoms with E-state index >= 15 is 0 Å². The van der Waals surface area contributed by atoms with Crippen molar-refractivity contribution in [2.45, 2.75) is 6.67 Å². The minimum Gasteiger partial charge on any atom is -0.320 e. The van der Waals surface area contributed by atoms with Gasteiger partial charge in [-0.1, -0.05) is 72.8 Å². The van der Waals surface area contributed by atoms with E-state index in [4.69, 9.17) is 4.99 Å². The maximum absolute atomic E-state index is 4.85. The van der Waals surface area contributed by atoms with Gasteiger partial charge in [0.2, 0.25) is 0 Å². The average molecular weight is 503 g/mol. The molecule has 4 heteroatoms. The van der Waals surface area contributed by atoms with Crippen LogP contribution in [-0.2, 0) is 6.67 Å². The first kappa shape index (κ1) is 22.9. The minimum absolute atomic E-state index is 0.503. The van der Waals surface area contributed by atoms with Crippen molar-refractivity contribution >= 4 is 62.0 Å². The van der Waals surface area contributed by atoms with Gasteiger partial charge >= 0.3 is 0 Å². The van der Waals surface area contributed by atoms with E-state index in [2.05, 4.69) is 124 Å².